The zero-order valence-electron chi connectivity index (χ0n) is 15.5. The molecular weight excluding hydrogens is 348 g/mol. The van der Waals surface area contributed by atoms with Gasteiger partial charge in [0.25, 0.3) is 0 Å². The molecule has 0 fully saturated rings. The summed E-state index contributed by atoms with van der Waals surface area (Å²) in [6, 6.07) is 18.0. The van der Waals surface area contributed by atoms with E-state index in [-0.39, 0.29) is 17.6 Å². The molecule has 138 valence electrons. The minimum Gasteiger partial charge on any atom is -0.294 e. The predicted molar refractivity (Wildman–Crippen MR) is 109 cm³/mol. The first-order chi connectivity index (χ1) is 13.7. The van der Waals surface area contributed by atoms with Gasteiger partial charge in [0.05, 0.1) is 0 Å². The monoisotopic (exact) mass is 368 g/mol. The number of benzene rings is 2. The van der Waals surface area contributed by atoms with Gasteiger partial charge in [-0.15, -0.1) is 0 Å². The SMILES string of the molecule is O=C1CCCC2=C1C(c1ccncc1)CC(=O)N2c1ccc2ccccc2c1. The molecule has 3 aromatic rings. The first kappa shape index (κ1) is 16.9. The molecule has 2 aliphatic rings. The van der Waals surface area contributed by atoms with Crippen molar-refractivity contribution in [3.63, 3.8) is 0 Å². The van der Waals surface area contributed by atoms with E-state index in [0.29, 0.717) is 12.8 Å². The van der Waals surface area contributed by atoms with Crippen LogP contribution in [0.25, 0.3) is 10.8 Å². The third-order valence-corrected chi connectivity index (χ3v) is 5.77. The van der Waals surface area contributed by atoms with Gasteiger partial charge in [-0.1, -0.05) is 30.3 Å². The average Bonchev–Trinajstić information content (AvgIpc) is 2.73. The van der Waals surface area contributed by atoms with Gasteiger partial charge in [-0.3, -0.25) is 19.5 Å². The van der Waals surface area contributed by atoms with E-state index in [9.17, 15) is 9.59 Å². The van der Waals surface area contributed by atoms with Crippen molar-refractivity contribution in [1.29, 1.82) is 0 Å². The number of carbonyl (C=O) groups excluding carboxylic acids is 2. The molecule has 0 N–H and O–H groups in total. The molecule has 4 nitrogen and oxygen atoms in total. The van der Waals surface area contributed by atoms with E-state index in [1.807, 2.05) is 48.5 Å². The summed E-state index contributed by atoms with van der Waals surface area (Å²) < 4.78 is 0. The molecule has 0 spiro atoms. The molecule has 0 bridgehead atoms. The molecule has 1 aliphatic heterocycles. The fourth-order valence-corrected chi connectivity index (χ4v) is 4.49. The van der Waals surface area contributed by atoms with Crippen LogP contribution in [0.1, 0.15) is 37.2 Å². The molecule has 28 heavy (non-hydrogen) atoms. The van der Waals surface area contributed by atoms with Crippen LogP contribution < -0.4 is 4.90 Å². The largest absolute Gasteiger partial charge is 0.294 e. The zero-order valence-corrected chi connectivity index (χ0v) is 15.5. The van der Waals surface area contributed by atoms with Crippen LogP contribution in [0.2, 0.25) is 0 Å². The lowest BCUT2D eigenvalue weighted by Gasteiger charge is -2.38. The number of aromatic nitrogens is 1. The summed E-state index contributed by atoms with van der Waals surface area (Å²) in [7, 11) is 0. The van der Waals surface area contributed by atoms with Crippen LogP contribution >= 0.6 is 0 Å². The number of Topliss-reactive ketones (excluding diaryl/α,β-unsaturated/α-hetero) is 1. The van der Waals surface area contributed by atoms with Crippen molar-refractivity contribution >= 4 is 28.2 Å². The van der Waals surface area contributed by atoms with Gasteiger partial charge >= 0.3 is 0 Å². The normalized spacial score (nSPS) is 19.9. The minimum atomic E-state index is -0.171. The van der Waals surface area contributed by atoms with E-state index in [1.54, 1.807) is 17.3 Å². The van der Waals surface area contributed by atoms with Crippen LogP contribution in [-0.4, -0.2) is 16.7 Å². The molecule has 0 saturated heterocycles. The predicted octanol–water partition coefficient (Wildman–Crippen LogP) is 4.76. The topological polar surface area (TPSA) is 50.3 Å². The molecule has 1 aliphatic carbocycles. The maximum atomic E-state index is 13.2. The van der Waals surface area contributed by atoms with E-state index in [2.05, 4.69) is 11.1 Å². The number of fused-ring (bicyclic) bond motifs is 1. The Hall–Kier alpha value is -3.27. The molecular formula is C24H20N2O2. The highest BCUT2D eigenvalue weighted by Gasteiger charge is 2.39. The Morgan fingerprint density at radius 2 is 1.68 bits per heavy atom. The summed E-state index contributed by atoms with van der Waals surface area (Å²) in [6.45, 7) is 0. The van der Waals surface area contributed by atoms with Gasteiger partial charge in [-0.2, -0.15) is 0 Å². The average molecular weight is 368 g/mol. The highest BCUT2D eigenvalue weighted by atomic mass is 16.2. The maximum absolute atomic E-state index is 13.2. The first-order valence-corrected chi connectivity index (χ1v) is 9.70. The second-order valence-electron chi connectivity index (χ2n) is 7.43. The molecule has 1 atom stereocenters. The number of hydrogen-bond donors (Lipinski definition) is 0. The molecule has 5 rings (SSSR count). The Labute approximate surface area is 163 Å². The summed E-state index contributed by atoms with van der Waals surface area (Å²) >= 11 is 0. The Kier molecular flexibility index (Phi) is 4.05. The second kappa shape index (κ2) is 6.71. The number of rotatable bonds is 2. The van der Waals surface area contributed by atoms with Crippen molar-refractivity contribution in [2.75, 3.05) is 4.90 Å². The second-order valence-corrected chi connectivity index (χ2v) is 7.43. The Morgan fingerprint density at radius 1 is 0.893 bits per heavy atom. The molecule has 1 unspecified atom stereocenters. The quantitative estimate of drug-likeness (QED) is 0.655. The molecule has 2 aromatic carbocycles. The van der Waals surface area contributed by atoms with Gasteiger partial charge in [-0.25, -0.2) is 0 Å². The first-order valence-electron chi connectivity index (χ1n) is 9.70. The minimum absolute atomic E-state index is 0.0468. The highest BCUT2D eigenvalue weighted by molar-refractivity contribution is 6.08. The number of nitrogens with zero attached hydrogens (tertiary/aromatic N) is 2. The zero-order chi connectivity index (χ0) is 19.1. The van der Waals surface area contributed by atoms with E-state index >= 15 is 0 Å². The van der Waals surface area contributed by atoms with Crippen molar-refractivity contribution in [3.05, 3.63) is 83.8 Å². The van der Waals surface area contributed by atoms with Gasteiger partial charge in [0, 0.05) is 48.1 Å². The van der Waals surface area contributed by atoms with Crippen molar-refractivity contribution in [2.24, 2.45) is 0 Å². The van der Waals surface area contributed by atoms with Crippen molar-refractivity contribution < 1.29 is 9.59 Å². The molecule has 0 radical (unpaired) electrons. The van der Waals surface area contributed by atoms with Gasteiger partial charge in [0.15, 0.2) is 5.78 Å². The fourth-order valence-electron chi connectivity index (χ4n) is 4.49. The molecule has 0 saturated carbocycles. The molecule has 1 aromatic heterocycles. The number of amides is 1. The lowest BCUT2D eigenvalue weighted by Crippen LogP contribution is -2.40. The van der Waals surface area contributed by atoms with Crippen LogP contribution in [0.5, 0.6) is 0 Å². The van der Waals surface area contributed by atoms with Crippen LogP contribution in [0.3, 0.4) is 0 Å². The number of pyridine rings is 1. The standard InChI is InChI=1S/C24H20N2O2/c27-22-7-3-6-21-24(22)20(17-10-12-25-13-11-17)15-23(28)26(21)19-9-8-16-4-1-2-5-18(16)14-19/h1-2,4-5,8-14,20H,3,6-7,15H2. The molecule has 4 heteroatoms. The Morgan fingerprint density at radius 3 is 2.50 bits per heavy atom. The van der Waals surface area contributed by atoms with Crippen LogP contribution in [0.15, 0.2) is 78.3 Å². The Bertz CT molecular complexity index is 1120. The van der Waals surface area contributed by atoms with Gasteiger partial charge in [-0.05, 0) is 53.4 Å². The maximum Gasteiger partial charge on any atom is 0.232 e. The third-order valence-electron chi connectivity index (χ3n) is 5.77. The number of hydrogen-bond acceptors (Lipinski definition) is 3. The van der Waals surface area contributed by atoms with E-state index in [4.69, 9.17) is 0 Å². The molecule has 1 amide bonds. The molecule has 2 heterocycles. The van der Waals surface area contributed by atoms with Crippen LogP contribution in [0.4, 0.5) is 5.69 Å². The fraction of sp³-hybridized carbons (Fsp3) is 0.208. The van der Waals surface area contributed by atoms with E-state index < -0.39 is 0 Å². The van der Waals surface area contributed by atoms with E-state index in [0.717, 1.165) is 46.1 Å². The lowest BCUT2D eigenvalue weighted by molar-refractivity contribution is -0.119. The highest BCUT2D eigenvalue weighted by Crippen LogP contribution is 2.43. The van der Waals surface area contributed by atoms with Crippen LogP contribution in [-0.2, 0) is 9.59 Å². The summed E-state index contributed by atoms with van der Waals surface area (Å²) in [5.74, 6) is 0.0434. The van der Waals surface area contributed by atoms with Gasteiger partial charge in [0.1, 0.15) is 0 Å². The van der Waals surface area contributed by atoms with Crippen molar-refractivity contribution in [1.82, 2.24) is 4.98 Å². The number of allylic oxidation sites excluding steroid dienone is 2. The number of carbonyl (C=O) groups is 2. The lowest BCUT2D eigenvalue weighted by atomic mass is 9.77. The van der Waals surface area contributed by atoms with Crippen molar-refractivity contribution in [2.45, 2.75) is 31.6 Å². The van der Waals surface area contributed by atoms with E-state index in [1.165, 1.54) is 0 Å². The number of anilines is 1. The third kappa shape index (κ3) is 2.73. The summed E-state index contributed by atoms with van der Waals surface area (Å²) in [5.41, 5.74) is 3.53. The van der Waals surface area contributed by atoms with Gasteiger partial charge in [0.2, 0.25) is 5.91 Å². The summed E-state index contributed by atoms with van der Waals surface area (Å²) in [4.78, 5) is 32.0. The number of ketones is 1. The summed E-state index contributed by atoms with van der Waals surface area (Å²) in [5, 5.41) is 2.23. The van der Waals surface area contributed by atoms with Crippen LogP contribution in [0, 0.1) is 0 Å². The Balaban J connectivity index is 1.67. The van der Waals surface area contributed by atoms with Crippen molar-refractivity contribution in [3.8, 4) is 0 Å². The smallest absolute Gasteiger partial charge is 0.232 e. The van der Waals surface area contributed by atoms with Gasteiger partial charge < -0.3 is 0 Å². The summed E-state index contributed by atoms with van der Waals surface area (Å²) in [6.07, 6.45) is 5.85.